The van der Waals surface area contributed by atoms with Crippen molar-refractivity contribution in [2.75, 3.05) is 33.8 Å². The van der Waals surface area contributed by atoms with Gasteiger partial charge in [0.15, 0.2) is 5.96 Å². The van der Waals surface area contributed by atoms with E-state index in [9.17, 15) is 0 Å². The molecule has 1 aliphatic heterocycles. The molecule has 1 aromatic carbocycles. The Morgan fingerprint density at radius 2 is 2.11 bits per heavy atom. The van der Waals surface area contributed by atoms with Gasteiger partial charge in [-0.1, -0.05) is 12.1 Å². The summed E-state index contributed by atoms with van der Waals surface area (Å²) in [6.07, 6.45) is 7.28. The number of nitrogens with zero attached hydrogens (tertiary/aromatic N) is 4. The predicted molar refractivity (Wildman–Crippen MR) is 120 cm³/mol. The van der Waals surface area contributed by atoms with Crippen molar-refractivity contribution >= 4 is 29.9 Å². The highest BCUT2D eigenvalue weighted by Gasteiger charge is 2.25. The first kappa shape index (κ1) is 21.5. The van der Waals surface area contributed by atoms with Crippen molar-refractivity contribution in [2.45, 2.75) is 25.2 Å². The topological polar surface area (TPSA) is 54.7 Å². The first-order chi connectivity index (χ1) is 12.7. The summed E-state index contributed by atoms with van der Waals surface area (Å²) < 4.78 is 7.10. The fraction of sp³-hybridized carbons (Fsp3) is 0.500. The maximum Gasteiger partial charge on any atom is 0.193 e. The number of halogens is 1. The number of ether oxygens (including phenoxy) is 1. The Bertz CT molecular complexity index is 728. The minimum absolute atomic E-state index is 0. The van der Waals surface area contributed by atoms with Gasteiger partial charge in [0, 0.05) is 45.8 Å². The van der Waals surface area contributed by atoms with Gasteiger partial charge >= 0.3 is 0 Å². The largest absolute Gasteiger partial charge is 0.497 e. The lowest BCUT2D eigenvalue weighted by Crippen LogP contribution is -2.40. The first-order valence-electron chi connectivity index (χ1n) is 9.26. The second kappa shape index (κ2) is 10.5. The van der Waals surface area contributed by atoms with Crippen molar-refractivity contribution < 1.29 is 4.74 Å². The first-order valence-corrected chi connectivity index (χ1v) is 9.26. The Labute approximate surface area is 179 Å². The standard InChI is InChI=1S/C20H29N5O.HI/c1-21-20(22-11-4-5-16-13-23-24(2)14-16)25-12-10-18(15-25)17-6-8-19(26-3)9-7-17;/h6-9,13-14,18H,4-5,10-12,15H2,1-3H3,(H,21,22);1H. The second-order valence-electron chi connectivity index (χ2n) is 6.80. The number of guanidine groups is 1. The Hall–Kier alpha value is -1.77. The summed E-state index contributed by atoms with van der Waals surface area (Å²) in [7, 11) is 5.52. The molecule has 27 heavy (non-hydrogen) atoms. The maximum absolute atomic E-state index is 5.25. The molecule has 7 heteroatoms. The summed E-state index contributed by atoms with van der Waals surface area (Å²) in [4.78, 5) is 6.83. The molecule has 1 fully saturated rings. The van der Waals surface area contributed by atoms with Crippen molar-refractivity contribution in [2.24, 2.45) is 12.0 Å². The van der Waals surface area contributed by atoms with Crippen LogP contribution in [-0.4, -0.2) is 54.4 Å². The van der Waals surface area contributed by atoms with Gasteiger partial charge in [-0.2, -0.15) is 5.10 Å². The fourth-order valence-corrected chi connectivity index (χ4v) is 3.53. The second-order valence-corrected chi connectivity index (χ2v) is 6.80. The van der Waals surface area contributed by atoms with Gasteiger partial charge < -0.3 is 15.0 Å². The molecule has 1 aromatic heterocycles. The third-order valence-corrected chi connectivity index (χ3v) is 4.97. The Balaban J connectivity index is 0.00000261. The third-order valence-electron chi connectivity index (χ3n) is 4.97. The van der Waals surface area contributed by atoms with Gasteiger partial charge in [-0.3, -0.25) is 9.67 Å². The summed E-state index contributed by atoms with van der Waals surface area (Å²) in [6, 6.07) is 8.45. The smallest absolute Gasteiger partial charge is 0.193 e. The molecule has 2 aromatic rings. The highest BCUT2D eigenvalue weighted by Crippen LogP contribution is 2.28. The van der Waals surface area contributed by atoms with Crippen molar-refractivity contribution in [1.29, 1.82) is 0 Å². The van der Waals surface area contributed by atoms with E-state index in [4.69, 9.17) is 4.74 Å². The molecule has 0 saturated carbocycles. The normalized spacial score (nSPS) is 16.9. The van der Waals surface area contributed by atoms with Crippen LogP contribution in [0.2, 0.25) is 0 Å². The zero-order chi connectivity index (χ0) is 18.4. The van der Waals surface area contributed by atoms with Crippen LogP contribution in [0.1, 0.15) is 29.9 Å². The van der Waals surface area contributed by atoms with Gasteiger partial charge in [0.25, 0.3) is 0 Å². The number of methoxy groups -OCH3 is 1. The van der Waals surface area contributed by atoms with E-state index in [1.165, 1.54) is 11.1 Å². The van der Waals surface area contributed by atoms with E-state index < -0.39 is 0 Å². The molecule has 0 bridgehead atoms. The average Bonchev–Trinajstić information content (AvgIpc) is 3.31. The molecule has 1 saturated heterocycles. The van der Waals surface area contributed by atoms with E-state index in [1.54, 1.807) is 7.11 Å². The molecule has 148 valence electrons. The van der Waals surface area contributed by atoms with Gasteiger partial charge in [0.2, 0.25) is 0 Å². The Morgan fingerprint density at radius 3 is 2.74 bits per heavy atom. The molecule has 0 radical (unpaired) electrons. The van der Waals surface area contributed by atoms with E-state index in [0.29, 0.717) is 5.92 Å². The van der Waals surface area contributed by atoms with Crippen LogP contribution < -0.4 is 10.1 Å². The van der Waals surface area contributed by atoms with Crippen molar-refractivity contribution in [3.63, 3.8) is 0 Å². The van der Waals surface area contributed by atoms with E-state index >= 15 is 0 Å². The molecule has 1 N–H and O–H groups in total. The highest BCUT2D eigenvalue weighted by atomic mass is 127. The van der Waals surface area contributed by atoms with Crippen molar-refractivity contribution in [1.82, 2.24) is 20.0 Å². The van der Waals surface area contributed by atoms with Crippen LogP contribution in [-0.2, 0) is 13.5 Å². The number of likely N-dealkylation sites (tertiary alicyclic amines) is 1. The number of benzene rings is 1. The van der Waals surface area contributed by atoms with E-state index in [0.717, 1.165) is 50.6 Å². The van der Waals surface area contributed by atoms with Crippen LogP contribution in [0.5, 0.6) is 5.75 Å². The SMILES string of the molecule is CN=C(NCCCc1cnn(C)c1)N1CCC(c2ccc(OC)cc2)C1.I. The molecule has 6 nitrogen and oxygen atoms in total. The zero-order valence-electron chi connectivity index (χ0n) is 16.4. The quantitative estimate of drug-likeness (QED) is 0.297. The average molecular weight is 483 g/mol. The molecule has 0 spiro atoms. The molecular formula is C20H30IN5O. The van der Waals surface area contributed by atoms with Crippen molar-refractivity contribution in [3.05, 3.63) is 47.8 Å². The highest BCUT2D eigenvalue weighted by molar-refractivity contribution is 14.0. The van der Waals surface area contributed by atoms with Gasteiger partial charge in [0.05, 0.1) is 13.3 Å². The molecule has 1 unspecified atom stereocenters. The maximum atomic E-state index is 5.25. The predicted octanol–water partition coefficient (Wildman–Crippen LogP) is 3.04. The fourth-order valence-electron chi connectivity index (χ4n) is 3.53. The zero-order valence-corrected chi connectivity index (χ0v) is 18.7. The molecule has 1 atom stereocenters. The number of rotatable bonds is 6. The molecule has 0 aliphatic carbocycles. The van der Waals surface area contributed by atoms with Gasteiger partial charge in [-0.05, 0) is 42.5 Å². The minimum Gasteiger partial charge on any atom is -0.497 e. The number of aromatic nitrogens is 2. The number of aliphatic imine (C=N–C) groups is 1. The van der Waals surface area contributed by atoms with E-state index in [-0.39, 0.29) is 24.0 Å². The van der Waals surface area contributed by atoms with E-state index in [1.807, 2.05) is 37.1 Å². The van der Waals surface area contributed by atoms with Crippen molar-refractivity contribution in [3.8, 4) is 5.75 Å². The van der Waals surface area contributed by atoms with Crippen LogP contribution >= 0.6 is 24.0 Å². The Kier molecular flexibility index (Phi) is 8.40. The summed E-state index contributed by atoms with van der Waals surface area (Å²) in [5.74, 6) is 2.47. The lowest BCUT2D eigenvalue weighted by Gasteiger charge is -2.22. The van der Waals surface area contributed by atoms with E-state index in [2.05, 4.69) is 38.6 Å². The number of hydrogen-bond donors (Lipinski definition) is 1. The van der Waals surface area contributed by atoms with Gasteiger partial charge in [0.1, 0.15) is 5.75 Å². The van der Waals surface area contributed by atoms with Crippen LogP contribution in [0.4, 0.5) is 0 Å². The summed E-state index contributed by atoms with van der Waals surface area (Å²) >= 11 is 0. The van der Waals surface area contributed by atoms with Crippen LogP contribution in [0.3, 0.4) is 0 Å². The summed E-state index contributed by atoms with van der Waals surface area (Å²) in [5, 5.41) is 7.72. The van der Waals surface area contributed by atoms with Gasteiger partial charge in [-0.25, -0.2) is 0 Å². The lowest BCUT2D eigenvalue weighted by atomic mass is 9.98. The molecule has 3 rings (SSSR count). The van der Waals surface area contributed by atoms with Crippen LogP contribution in [0.25, 0.3) is 0 Å². The van der Waals surface area contributed by atoms with Crippen LogP contribution in [0.15, 0.2) is 41.7 Å². The minimum atomic E-state index is 0. The number of hydrogen-bond acceptors (Lipinski definition) is 3. The summed E-state index contributed by atoms with van der Waals surface area (Å²) in [5.41, 5.74) is 2.66. The molecular weight excluding hydrogens is 453 g/mol. The van der Waals surface area contributed by atoms with Crippen LogP contribution in [0, 0.1) is 0 Å². The lowest BCUT2D eigenvalue weighted by molar-refractivity contribution is 0.414. The van der Waals surface area contributed by atoms with Gasteiger partial charge in [-0.15, -0.1) is 24.0 Å². The number of aryl methyl sites for hydroxylation is 2. The molecule has 2 heterocycles. The summed E-state index contributed by atoms with van der Waals surface area (Å²) in [6.45, 7) is 2.97. The number of nitrogens with one attached hydrogen (secondary N) is 1. The monoisotopic (exact) mass is 483 g/mol. The Morgan fingerprint density at radius 1 is 1.33 bits per heavy atom. The molecule has 1 aliphatic rings. The molecule has 0 amide bonds. The third kappa shape index (κ3) is 5.85.